The molecule has 0 fully saturated rings. The lowest BCUT2D eigenvalue weighted by Gasteiger charge is -2.22. The normalized spacial score (nSPS) is 13.9. The van der Waals surface area contributed by atoms with E-state index in [1.165, 1.54) is 7.05 Å². The van der Waals surface area contributed by atoms with Crippen LogP contribution in [0.4, 0.5) is 28.9 Å². The Bertz CT molecular complexity index is 1550. The SMILES string of the molecule is CNc1c(F)c(F)c(-c2cc(-c3ccccc3)c3c([n+]2C)C(=Cc2ccc(N(C)C)cc2)CCC3)c(F)c1F. The zero-order valence-electron chi connectivity index (χ0n) is 22.4. The van der Waals surface area contributed by atoms with Gasteiger partial charge in [0.1, 0.15) is 18.3 Å². The van der Waals surface area contributed by atoms with Crippen LogP contribution in [0.3, 0.4) is 0 Å². The van der Waals surface area contributed by atoms with Gasteiger partial charge in [-0.3, -0.25) is 0 Å². The molecule has 3 aromatic carbocycles. The van der Waals surface area contributed by atoms with Crippen molar-refractivity contribution in [2.45, 2.75) is 19.3 Å². The predicted octanol–water partition coefficient (Wildman–Crippen LogP) is 7.39. The van der Waals surface area contributed by atoms with Gasteiger partial charge in [0, 0.05) is 44.0 Å². The fourth-order valence-corrected chi connectivity index (χ4v) is 5.41. The van der Waals surface area contributed by atoms with Crippen molar-refractivity contribution in [1.29, 1.82) is 0 Å². The Morgan fingerprint density at radius 1 is 0.846 bits per heavy atom. The number of anilines is 2. The summed E-state index contributed by atoms with van der Waals surface area (Å²) < 4.78 is 62.2. The second-order valence-corrected chi connectivity index (χ2v) is 9.96. The Hall–Kier alpha value is -4.13. The van der Waals surface area contributed by atoms with Crippen molar-refractivity contribution in [3.05, 3.63) is 101 Å². The number of rotatable bonds is 5. The molecule has 0 aliphatic heterocycles. The minimum Gasteiger partial charge on any atom is -0.383 e. The Labute approximate surface area is 226 Å². The average Bonchev–Trinajstić information content (AvgIpc) is 2.94. The summed E-state index contributed by atoms with van der Waals surface area (Å²) in [7, 11) is 6.86. The number of halogens is 4. The number of fused-ring (bicyclic) bond motifs is 1. The summed E-state index contributed by atoms with van der Waals surface area (Å²) in [6.07, 6.45) is 4.49. The molecule has 0 radical (unpaired) electrons. The van der Waals surface area contributed by atoms with Crippen LogP contribution in [0.25, 0.3) is 34.0 Å². The second-order valence-electron chi connectivity index (χ2n) is 9.96. The smallest absolute Gasteiger partial charge is 0.219 e. The number of benzene rings is 3. The van der Waals surface area contributed by atoms with Gasteiger partial charge in [-0.1, -0.05) is 42.5 Å². The highest BCUT2D eigenvalue weighted by Gasteiger charge is 2.35. The molecular weight excluding hydrogens is 502 g/mol. The van der Waals surface area contributed by atoms with Crippen LogP contribution in [-0.2, 0) is 13.5 Å². The first-order valence-corrected chi connectivity index (χ1v) is 12.9. The van der Waals surface area contributed by atoms with Gasteiger partial charge >= 0.3 is 0 Å². The Morgan fingerprint density at radius 2 is 1.49 bits per heavy atom. The van der Waals surface area contributed by atoms with E-state index in [2.05, 4.69) is 11.4 Å². The van der Waals surface area contributed by atoms with Crippen LogP contribution in [0.5, 0.6) is 0 Å². The maximum atomic E-state index is 15.4. The van der Waals surface area contributed by atoms with E-state index in [1.54, 1.807) is 17.7 Å². The van der Waals surface area contributed by atoms with Crippen molar-refractivity contribution in [2.75, 3.05) is 31.4 Å². The molecule has 4 aromatic rings. The van der Waals surface area contributed by atoms with Crippen molar-refractivity contribution >= 4 is 23.0 Å². The van der Waals surface area contributed by atoms with E-state index in [1.807, 2.05) is 73.6 Å². The average molecular weight is 533 g/mol. The number of nitrogens with zero attached hydrogens (tertiary/aromatic N) is 2. The molecule has 0 saturated heterocycles. The molecule has 0 amide bonds. The fourth-order valence-electron chi connectivity index (χ4n) is 5.41. The Kier molecular flexibility index (Phi) is 7.17. The third-order valence-electron chi connectivity index (χ3n) is 7.37. The number of aromatic nitrogens is 1. The van der Waals surface area contributed by atoms with Gasteiger partial charge in [0.2, 0.25) is 11.4 Å². The predicted molar refractivity (Wildman–Crippen MR) is 149 cm³/mol. The van der Waals surface area contributed by atoms with Gasteiger partial charge in [-0.2, -0.15) is 4.57 Å². The van der Waals surface area contributed by atoms with Crippen LogP contribution in [0.15, 0.2) is 60.7 Å². The van der Waals surface area contributed by atoms with Crippen LogP contribution in [-0.4, -0.2) is 21.1 Å². The number of pyridine rings is 1. The highest BCUT2D eigenvalue weighted by Crippen LogP contribution is 2.40. The minimum atomic E-state index is -1.46. The molecular formula is C32H30F4N3+. The summed E-state index contributed by atoms with van der Waals surface area (Å²) >= 11 is 0. The topological polar surface area (TPSA) is 19.1 Å². The summed E-state index contributed by atoms with van der Waals surface area (Å²) in [5.41, 5.74) is 5.01. The largest absolute Gasteiger partial charge is 0.383 e. The maximum absolute atomic E-state index is 15.4. The van der Waals surface area contributed by atoms with E-state index in [4.69, 9.17) is 0 Å². The van der Waals surface area contributed by atoms with Gasteiger partial charge < -0.3 is 10.2 Å². The van der Waals surface area contributed by atoms with Gasteiger partial charge in [-0.05, 0) is 54.2 Å². The first-order chi connectivity index (χ1) is 18.7. The molecule has 200 valence electrons. The maximum Gasteiger partial charge on any atom is 0.219 e. The molecule has 5 rings (SSSR count). The van der Waals surface area contributed by atoms with Gasteiger partial charge in [-0.15, -0.1) is 0 Å². The monoisotopic (exact) mass is 532 g/mol. The minimum absolute atomic E-state index is 0.0545. The fraction of sp³-hybridized carbons (Fsp3) is 0.219. The Morgan fingerprint density at radius 3 is 2.08 bits per heavy atom. The van der Waals surface area contributed by atoms with Crippen molar-refractivity contribution in [1.82, 2.24) is 0 Å². The first-order valence-electron chi connectivity index (χ1n) is 12.9. The number of allylic oxidation sites excluding steroid dienone is 1. The van der Waals surface area contributed by atoms with E-state index < -0.39 is 34.5 Å². The lowest BCUT2D eigenvalue weighted by molar-refractivity contribution is -0.663. The summed E-state index contributed by atoms with van der Waals surface area (Å²) in [6, 6.07) is 19.3. The summed E-state index contributed by atoms with van der Waals surface area (Å²) in [5.74, 6) is -5.79. The second kappa shape index (κ2) is 10.6. The molecule has 39 heavy (non-hydrogen) atoms. The quantitative estimate of drug-likeness (QED) is 0.164. The van der Waals surface area contributed by atoms with Crippen molar-refractivity contribution in [3.63, 3.8) is 0 Å². The van der Waals surface area contributed by atoms with Crippen LogP contribution >= 0.6 is 0 Å². The lowest BCUT2D eigenvalue weighted by Crippen LogP contribution is -2.39. The molecule has 3 nitrogen and oxygen atoms in total. The van der Waals surface area contributed by atoms with Crippen molar-refractivity contribution < 1.29 is 22.1 Å². The standard InChI is InChI=1S/C32H29F4N3/c1-37-31-29(35)27(33)26(28(34)30(31)36)25-18-24(20-9-6-5-7-10-20)23-12-8-11-21(32(23)39(25)4)17-19-13-15-22(16-14-19)38(2)3/h5-7,9-10,13-18H,8,11-12H2,1-4H3/p+1. The molecule has 7 heteroatoms. The van der Waals surface area contributed by atoms with E-state index in [0.29, 0.717) is 0 Å². The molecule has 1 heterocycles. The highest BCUT2D eigenvalue weighted by atomic mass is 19.2. The van der Waals surface area contributed by atoms with Crippen LogP contribution in [0.2, 0.25) is 0 Å². The van der Waals surface area contributed by atoms with E-state index >= 15 is 8.78 Å². The number of hydrogen-bond donors (Lipinski definition) is 1. The molecule has 1 aliphatic rings. The molecule has 0 atom stereocenters. The molecule has 1 N–H and O–H groups in total. The van der Waals surface area contributed by atoms with Gasteiger partial charge in [0.25, 0.3) is 0 Å². The van der Waals surface area contributed by atoms with Gasteiger partial charge in [0.05, 0.1) is 0 Å². The molecule has 0 unspecified atom stereocenters. The van der Waals surface area contributed by atoms with E-state index in [9.17, 15) is 8.78 Å². The van der Waals surface area contributed by atoms with Crippen LogP contribution in [0.1, 0.15) is 29.7 Å². The third kappa shape index (κ3) is 4.67. The van der Waals surface area contributed by atoms with Crippen LogP contribution < -0.4 is 14.8 Å². The van der Waals surface area contributed by atoms with Crippen molar-refractivity contribution in [3.8, 4) is 22.4 Å². The molecule has 1 aromatic heterocycles. The Balaban J connectivity index is 1.80. The molecule has 0 saturated carbocycles. The summed E-state index contributed by atoms with van der Waals surface area (Å²) in [6.45, 7) is 0. The summed E-state index contributed by atoms with van der Waals surface area (Å²) in [5, 5.41) is 2.22. The molecule has 1 aliphatic carbocycles. The zero-order chi connectivity index (χ0) is 27.8. The van der Waals surface area contributed by atoms with Gasteiger partial charge in [-0.25, -0.2) is 17.6 Å². The summed E-state index contributed by atoms with van der Waals surface area (Å²) in [4.78, 5) is 2.02. The zero-order valence-corrected chi connectivity index (χ0v) is 22.4. The molecule has 0 spiro atoms. The lowest BCUT2D eigenvalue weighted by atomic mass is 9.84. The number of hydrogen-bond acceptors (Lipinski definition) is 2. The van der Waals surface area contributed by atoms with Gasteiger partial charge in [0.15, 0.2) is 23.3 Å². The van der Waals surface area contributed by atoms with E-state index in [0.717, 1.165) is 58.5 Å². The third-order valence-corrected chi connectivity index (χ3v) is 7.37. The number of nitrogens with one attached hydrogen (secondary N) is 1. The van der Waals surface area contributed by atoms with Crippen LogP contribution in [0, 0.1) is 23.3 Å². The first kappa shape index (κ1) is 26.5. The van der Waals surface area contributed by atoms with Crippen molar-refractivity contribution in [2.24, 2.45) is 7.05 Å². The van der Waals surface area contributed by atoms with E-state index in [-0.39, 0.29) is 5.69 Å². The highest BCUT2D eigenvalue weighted by molar-refractivity contribution is 5.86. The molecule has 0 bridgehead atoms.